The molecule has 0 fully saturated rings. The number of primary amides is 1. The molecule has 0 radical (unpaired) electrons. The van der Waals surface area contributed by atoms with Crippen LogP contribution in [0.4, 0.5) is 0 Å². The maximum Gasteiger partial charge on any atom is 0.266 e. The third kappa shape index (κ3) is 4.60. The van der Waals surface area contributed by atoms with Gasteiger partial charge >= 0.3 is 0 Å². The SMILES string of the molecule is CC(C)CN(C)/C=C(\N)C(N)=O. The molecule has 0 saturated heterocycles. The summed E-state index contributed by atoms with van der Waals surface area (Å²) in [5.41, 5.74) is 10.4. The molecule has 0 spiro atoms. The molecule has 12 heavy (non-hydrogen) atoms. The minimum Gasteiger partial charge on any atom is -0.393 e. The Morgan fingerprint density at radius 2 is 2.00 bits per heavy atom. The molecule has 0 aromatic carbocycles. The average Bonchev–Trinajstić information content (AvgIpc) is 1.84. The summed E-state index contributed by atoms with van der Waals surface area (Å²) in [6.07, 6.45) is 1.56. The first-order valence-corrected chi connectivity index (χ1v) is 3.90. The second-order valence-corrected chi connectivity index (χ2v) is 3.28. The summed E-state index contributed by atoms with van der Waals surface area (Å²) in [7, 11) is 1.86. The van der Waals surface area contributed by atoms with Gasteiger partial charge in [-0.05, 0) is 5.92 Å². The Morgan fingerprint density at radius 1 is 1.50 bits per heavy atom. The zero-order valence-corrected chi connectivity index (χ0v) is 7.87. The number of nitrogens with zero attached hydrogens (tertiary/aromatic N) is 1. The van der Waals surface area contributed by atoms with Crippen LogP contribution in [0.3, 0.4) is 0 Å². The van der Waals surface area contributed by atoms with Crippen molar-refractivity contribution in [1.29, 1.82) is 0 Å². The Hall–Kier alpha value is -1.19. The van der Waals surface area contributed by atoms with Crippen LogP contribution in [0.15, 0.2) is 11.9 Å². The third-order valence-electron chi connectivity index (χ3n) is 1.30. The van der Waals surface area contributed by atoms with Gasteiger partial charge in [0.25, 0.3) is 5.91 Å². The van der Waals surface area contributed by atoms with Gasteiger partial charge in [0.05, 0.1) is 0 Å². The molecule has 0 aliphatic carbocycles. The van der Waals surface area contributed by atoms with Crippen LogP contribution in [0, 0.1) is 5.92 Å². The summed E-state index contributed by atoms with van der Waals surface area (Å²) in [5.74, 6) is -0.0440. The van der Waals surface area contributed by atoms with E-state index in [4.69, 9.17) is 11.5 Å². The Morgan fingerprint density at radius 3 is 2.33 bits per heavy atom. The van der Waals surface area contributed by atoms with Crippen molar-refractivity contribution in [2.45, 2.75) is 13.8 Å². The number of hydrogen-bond acceptors (Lipinski definition) is 3. The Kier molecular flexibility index (Phi) is 4.18. The molecule has 0 aromatic rings. The van der Waals surface area contributed by atoms with Crippen molar-refractivity contribution >= 4 is 5.91 Å². The molecule has 1 amide bonds. The number of rotatable bonds is 4. The van der Waals surface area contributed by atoms with Crippen molar-refractivity contribution in [1.82, 2.24) is 4.90 Å². The van der Waals surface area contributed by atoms with Crippen LogP contribution in [0.2, 0.25) is 0 Å². The minimum absolute atomic E-state index is 0.0955. The molecule has 0 unspecified atom stereocenters. The van der Waals surface area contributed by atoms with Crippen LogP contribution < -0.4 is 11.5 Å². The maximum absolute atomic E-state index is 10.5. The summed E-state index contributed by atoms with van der Waals surface area (Å²) < 4.78 is 0. The minimum atomic E-state index is -0.578. The molecule has 0 heterocycles. The highest BCUT2D eigenvalue weighted by molar-refractivity contribution is 5.90. The molecule has 4 nitrogen and oxygen atoms in total. The fourth-order valence-corrected chi connectivity index (χ4v) is 0.930. The molecule has 0 saturated carbocycles. The molecule has 0 aliphatic heterocycles. The lowest BCUT2D eigenvalue weighted by molar-refractivity contribution is -0.114. The van der Waals surface area contributed by atoms with Crippen molar-refractivity contribution in [3.63, 3.8) is 0 Å². The molecule has 4 heteroatoms. The van der Waals surface area contributed by atoms with Crippen LogP contribution in [0.1, 0.15) is 13.8 Å². The summed E-state index contributed by atoms with van der Waals surface area (Å²) in [5, 5.41) is 0. The van der Waals surface area contributed by atoms with Crippen molar-refractivity contribution in [3.05, 3.63) is 11.9 Å². The number of carbonyl (C=O) groups is 1. The topological polar surface area (TPSA) is 72.3 Å². The third-order valence-corrected chi connectivity index (χ3v) is 1.30. The number of amides is 1. The Balaban J connectivity index is 4.05. The van der Waals surface area contributed by atoms with E-state index in [0.29, 0.717) is 5.92 Å². The summed E-state index contributed by atoms with van der Waals surface area (Å²) in [4.78, 5) is 12.4. The van der Waals surface area contributed by atoms with E-state index in [0.717, 1.165) is 6.54 Å². The molecule has 0 aromatic heterocycles. The van der Waals surface area contributed by atoms with Crippen molar-refractivity contribution in [2.75, 3.05) is 13.6 Å². The number of carbonyl (C=O) groups excluding carboxylic acids is 1. The standard InChI is InChI=1S/C8H17N3O/c1-6(2)4-11(3)5-7(9)8(10)12/h5-6H,4,9H2,1-3H3,(H2,10,12)/b7-5-. The lowest BCUT2D eigenvalue weighted by Gasteiger charge is -2.16. The first kappa shape index (κ1) is 10.8. The Bertz CT molecular complexity index is 187. The van der Waals surface area contributed by atoms with Gasteiger partial charge in [-0.2, -0.15) is 0 Å². The highest BCUT2D eigenvalue weighted by Crippen LogP contribution is 1.97. The van der Waals surface area contributed by atoms with Gasteiger partial charge in [0.1, 0.15) is 5.70 Å². The molecular weight excluding hydrogens is 154 g/mol. The van der Waals surface area contributed by atoms with Crippen LogP contribution in [0.25, 0.3) is 0 Å². The fraction of sp³-hybridized carbons (Fsp3) is 0.625. The summed E-state index contributed by atoms with van der Waals surface area (Å²) >= 11 is 0. The quantitative estimate of drug-likeness (QED) is 0.578. The van der Waals surface area contributed by atoms with Crippen LogP contribution in [-0.2, 0) is 4.79 Å². The van der Waals surface area contributed by atoms with Crippen LogP contribution in [0.5, 0.6) is 0 Å². The zero-order valence-electron chi connectivity index (χ0n) is 7.87. The van der Waals surface area contributed by atoms with E-state index in [9.17, 15) is 4.79 Å². The normalized spacial score (nSPS) is 11.8. The van der Waals surface area contributed by atoms with E-state index in [1.807, 2.05) is 11.9 Å². The van der Waals surface area contributed by atoms with Gasteiger partial charge in [0.2, 0.25) is 0 Å². The lowest BCUT2D eigenvalue weighted by Crippen LogP contribution is -2.25. The monoisotopic (exact) mass is 171 g/mol. The predicted molar refractivity (Wildman–Crippen MR) is 48.9 cm³/mol. The molecule has 4 N–H and O–H groups in total. The highest BCUT2D eigenvalue weighted by atomic mass is 16.1. The molecule has 0 atom stereocenters. The van der Waals surface area contributed by atoms with E-state index < -0.39 is 5.91 Å². The van der Waals surface area contributed by atoms with Gasteiger partial charge < -0.3 is 16.4 Å². The highest BCUT2D eigenvalue weighted by Gasteiger charge is 2.01. The van der Waals surface area contributed by atoms with Gasteiger partial charge in [0, 0.05) is 19.8 Å². The van der Waals surface area contributed by atoms with Gasteiger partial charge in [-0.1, -0.05) is 13.8 Å². The van der Waals surface area contributed by atoms with Gasteiger partial charge in [-0.3, -0.25) is 4.79 Å². The van der Waals surface area contributed by atoms with Crippen LogP contribution >= 0.6 is 0 Å². The maximum atomic E-state index is 10.5. The number of nitrogens with two attached hydrogens (primary N) is 2. The van der Waals surface area contributed by atoms with Gasteiger partial charge in [-0.15, -0.1) is 0 Å². The predicted octanol–water partition coefficient (Wildman–Crippen LogP) is -0.140. The summed E-state index contributed by atoms with van der Waals surface area (Å²) in [6, 6.07) is 0. The van der Waals surface area contributed by atoms with E-state index in [1.54, 1.807) is 6.20 Å². The molecule has 70 valence electrons. The summed E-state index contributed by atoms with van der Waals surface area (Å²) in [6.45, 7) is 5.03. The van der Waals surface area contributed by atoms with E-state index in [-0.39, 0.29) is 5.70 Å². The fourth-order valence-electron chi connectivity index (χ4n) is 0.930. The van der Waals surface area contributed by atoms with Gasteiger partial charge in [0.15, 0.2) is 0 Å². The van der Waals surface area contributed by atoms with Crippen LogP contribution in [-0.4, -0.2) is 24.4 Å². The second kappa shape index (κ2) is 4.64. The second-order valence-electron chi connectivity index (χ2n) is 3.28. The zero-order chi connectivity index (χ0) is 9.72. The lowest BCUT2D eigenvalue weighted by atomic mass is 10.2. The smallest absolute Gasteiger partial charge is 0.266 e. The van der Waals surface area contributed by atoms with Crippen molar-refractivity contribution < 1.29 is 4.79 Å². The largest absolute Gasteiger partial charge is 0.393 e. The van der Waals surface area contributed by atoms with E-state index in [1.165, 1.54) is 0 Å². The Labute approximate surface area is 73.2 Å². The van der Waals surface area contributed by atoms with Crippen molar-refractivity contribution in [2.24, 2.45) is 17.4 Å². The molecule has 0 bridgehead atoms. The van der Waals surface area contributed by atoms with Crippen molar-refractivity contribution in [3.8, 4) is 0 Å². The molecular formula is C8H17N3O. The first-order chi connectivity index (χ1) is 5.43. The number of hydrogen-bond donors (Lipinski definition) is 2. The van der Waals surface area contributed by atoms with E-state index in [2.05, 4.69) is 13.8 Å². The molecule has 0 aliphatic rings. The molecule has 0 rings (SSSR count). The average molecular weight is 171 g/mol. The van der Waals surface area contributed by atoms with E-state index >= 15 is 0 Å². The van der Waals surface area contributed by atoms with Gasteiger partial charge in [-0.25, -0.2) is 0 Å². The first-order valence-electron chi connectivity index (χ1n) is 3.90.